The van der Waals surface area contributed by atoms with E-state index in [2.05, 4.69) is 25.9 Å². The molecular weight excluding hydrogens is 482 g/mol. The van der Waals surface area contributed by atoms with Gasteiger partial charge in [-0.05, 0) is 20.8 Å². The molecule has 1 aromatic heterocycles. The van der Waals surface area contributed by atoms with Crippen LogP contribution >= 0.6 is 35.3 Å². The number of hydrogen-bond donors (Lipinski definition) is 3. The third-order valence-corrected chi connectivity index (χ3v) is 3.78. The minimum absolute atomic E-state index is 0. The number of carbonyl (C=O) groups excluding carboxylic acids is 1. The third kappa shape index (κ3) is 10.1. The minimum atomic E-state index is -4.41. The highest BCUT2D eigenvalue weighted by atomic mass is 127. The van der Waals surface area contributed by atoms with Crippen LogP contribution in [0.2, 0.25) is 0 Å². The van der Waals surface area contributed by atoms with Crippen LogP contribution in [0, 0.1) is 0 Å². The van der Waals surface area contributed by atoms with Crippen molar-refractivity contribution in [2.75, 3.05) is 19.6 Å². The monoisotopic (exact) mass is 507 g/mol. The first kappa shape index (κ1) is 24.9. The molecule has 0 unspecified atom stereocenters. The number of amides is 1. The maximum absolute atomic E-state index is 12.5. The van der Waals surface area contributed by atoms with E-state index in [1.807, 2.05) is 20.8 Å². The Morgan fingerprint density at radius 2 is 2.04 bits per heavy atom. The molecule has 0 atom stereocenters. The van der Waals surface area contributed by atoms with Crippen LogP contribution in [0.25, 0.3) is 0 Å². The van der Waals surface area contributed by atoms with Gasteiger partial charge in [0.1, 0.15) is 0 Å². The van der Waals surface area contributed by atoms with Crippen molar-refractivity contribution in [2.24, 2.45) is 4.99 Å². The van der Waals surface area contributed by atoms with E-state index < -0.39 is 11.9 Å². The van der Waals surface area contributed by atoms with Gasteiger partial charge in [0.25, 0.3) is 0 Å². The quantitative estimate of drug-likeness (QED) is 0.288. The Morgan fingerprint density at radius 1 is 1.35 bits per heavy atom. The van der Waals surface area contributed by atoms with Crippen molar-refractivity contribution < 1.29 is 18.0 Å². The van der Waals surface area contributed by atoms with E-state index >= 15 is 0 Å². The molecule has 1 heterocycles. The molecule has 0 bridgehead atoms. The van der Waals surface area contributed by atoms with Crippen molar-refractivity contribution in [1.82, 2.24) is 20.9 Å². The van der Waals surface area contributed by atoms with Gasteiger partial charge in [-0.1, -0.05) is 0 Å². The Hall–Kier alpha value is -1.11. The van der Waals surface area contributed by atoms with E-state index in [-0.39, 0.29) is 35.9 Å². The number of aliphatic imine (C=N–C) groups is 1. The van der Waals surface area contributed by atoms with Crippen molar-refractivity contribution >= 4 is 47.2 Å². The largest absolute Gasteiger partial charge is 0.434 e. The van der Waals surface area contributed by atoms with Gasteiger partial charge in [0.15, 0.2) is 11.7 Å². The number of thiazole rings is 1. The summed E-state index contributed by atoms with van der Waals surface area (Å²) in [6.45, 7) is 7.04. The lowest BCUT2D eigenvalue weighted by molar-refractivity contribution is -0.140. The number of hydrogen-bond acceptors (Lipinski definition) is 4. The number of nitrogens with one attached hydrogen (secondary N) is 3. The van der Waals surface area contributed by atoms with Crippen molar-refractivity contribution in [3.63, 3.8) is 0 Å². The Bertz CT molecular complexity index is 578. The van der Waals surface area contributed by atoms with Gasteiger partial charge in [-0.25, -0.2) is 4.98 Å². The number of halogens is 4. The van der Waals surface area contributed by atoms with Gasteiger partial charge in [0, 0.05) is 43.9 Å². The molecule has 0 aliphatic heterocycles. The van der Waals surface area contributed by atoms with Crippen LogP contribution in [-0.2, 0) is 17.4 Å². The summed E-state index contributed by atoms with van der Waals surface area (Å²) in [5, 5.41) is 10.2. The second-order valence-electron chi connectivity index (χ2n) is 5.53. The Balaban J connectivity index is 0.00000625. The Labute approximate surface area is 172 Å². The summed E-state index contributed by atoms with van der Waals surface area (Å²) in [6, 6.07) is 0.0919. The molecule has 0 aliphatic rings. The summed E-state index contributed by atoms with van der Waals surface area (Å²) < 4.78 is 37.5. The molecule has 3 N–H and O–H groups in total. The molecule has 0 radical (unpaired) electrons. The Kier molecular flexibility index (Phi) is 11.8. The topological polar surface area (TPSA) is 78.4 Å². The van der Waals surface area contributed by atoms with Crippen LogP contribution in [-0.4, -0.2) is 42.5 Å². The molecule has 150 valence electrons. The van der Waals surface area contributed by atoms with E-state index in [0.29, 0.717) is 43.4 Å². The number of rotatable bonds is 8. The van der Waals surface area contributed by atoms with Crippen molar-refractivity contribution in [2.45, 2.75) is 45.8 Å². The van der Waals surface area contributed by atoms with E-state index in [1.165, 1.54) is 0 Å². The van der Waals surface area contributed by atoms with Crippen molar-refractivity contribution in [1.29, 1.82) is 0 Å². The molecule has 0 saturated carbocycles. The maximum atomic E-state index is 12.5. The summed E-state index contributed by atoms with van der Waals surface area (Å²) in [4.78, 5) is 19.4. The lowest BCUT2D eigenvalue weighted by Gasteiger charge is -2.12. The fourth-order valence-corrected chi connectivity index (χ4v) is 2.64. The SMILES string of the molecule is CCNC(=NCCc1nc(C(F)(F)F)cs1)NCCC(=O)NC(C)C.I. The second-order valence-corrected chi connectivity index (χ2v) is 6.48. The van der Waals surface area contributed by atoms with Gasteiger partial charge >= 0.3 is 6.18 Å². The lowest BCUT2D eigenvalue weighted by atomic mass is 10.3. The summed E-state index contributed by atoms with van der Waals surface area (Å²) in [5.74, 6) is 0.466. The fourth-order valence-electron chi connectivity index (χ4n) is 1.85. The molecule has 1 rings (SSSR count). The van der Waals surface area contributed by atoms with E-state index in [4.69, 9.17) is 0 Å². The van der Waals surface area contributed by atoms with Gasteiger partial charge < -0.3 is 16.0 Å². The summed E-state index contributed by atoms with van der Waals surface area (Å²) in [7, 11) is 0. The molecule has 11 heteroatoms. The second kappa shape index (κ2) is 12.3. The first-order valence-corrected chi connectivity index (χ1v) is 8.93. The average molecular weight is 507 g/mol. The van der Waals surface area contributed by atoms with E-state index in [1.54, 1.807) is 0 Å². The first-order valence-electron chi connectivity index (χ1n) is 8.05. The van der Waals surface area contributed by atoms with Gasteiger partial charge in [0.05, 0.1) is 5.01 Å². The zero-order valence-corrected chi connectivity index (χ0v) is 18.1. The molecule has 26 heavy (non-hydrogen) atoms. The zero-order chi connectivity index (χ0) is 18.9. The smallest absolute Gasteiger partial charge is 0.357 e. The van der Waals surface area contributed by atoms with Crippen molar-refractivity contribution in [3.8, 4) is 0 Å². The molecular formula is C15H25F3IN5OS. The highest BCUT2D eigenvalue weighted by Crippen LogP contribution is 2.30. The molecule has 1 aromatic rings. The number of nitrogens with zero attached hydrogens (tertiary/aromatic N) is 2. The van der Waals surface area contributed by atoms with E-state index in [9.17, 15) is 18.0 Å². The van der Waals surface area contributed by atoms with Gasteiger partial charge in [-0.3, -0.25) is 9.79 Å². The van der Waals surface area contributed by atoms with Crippen LogP contribution in [0.5, 0.6) is 0 Å². The fraction of sp³-hybridized carbons (Fsp3) is 0.667. The van der Waals surface area contributed by atoms with Crippen molar-refractivity contribution in [3.05, 3.63) is 16.1 Å². The number of alkyl halides is 3. The molecule has 0 spiro atoms. The van der Waals surface area contributed by atoms with Gasteiger partial charge in [-0.2, -0.15) is 13.2 Å². The molecule has 0 aromatic carbocycles. The molecule has 0 fully saturated rings. The van der Waals surface area contributed by atoms with Crippen LogP contribution in [0.1, 0.15) is 37.9 Å². The first-order chi connectivity index (χ1) is 11.7. The predicted octanol–water partition coefficient (Wildman–Crippen LogP) is 2.79. The maximum Gasteiger partial charge on any atom is 0.434 e. The summed E-state index contributed by atoms with van der Waals surface area (Å²) >= 11 is 0.975. The van der Waals surface area contributed by atoms with E-state index in [0.717, 1.165) is 16.7 Å². The molecule has 0 saturated heterocycles. The number of guanidine groups is 1. The zero-order valence-electron chi connectivity index (χ0n) is 14.9. The number of aromatic nitrogens is 1. The lowest BCUT2D eigenvalue weighted by Crippen LogP contribution is -2.40. The number of carbonyl (C=O) groups is 1. The minimum Gasteiger partial charge on any atom is -0.357 e. The van der Waals surface area contributed by atoms with Gasteiger partial charge in [0.2, 0.25) is 5.91 Å². The standard InChI is InChI=1S/C15H24F3N5OS.HI/c1-4-19-14(20-7-5-12(24)22-10(2)3)21-8-6-13-23-11(9-25-13)15(16,17)18;/h9-10H,4-8H2,1-3H3,(H,22,24)(H2,19,20,21);1H. The van der Waals surface area contributed by atoms with Crippen LogP contribution in [0.15, 0.2) is 10.4 Å². The van der Waals surface area contributed by atoms with Gasteiger partial charge in [-0.15, -0.1) is 35.3 Å². The summed E-state index contributed by atoms with van der Waals surface area (Å²) in [5.41, 5.74) is -0.863. The van der Waals surface area contributed by atoms with Crippen LogP contribution in [0.3, 0.4) is 0 Å². The van der Waals surface area contributed by atoms with Crippen LogP contribution < -0.4 is 16.0 Å². The predicted molar refractivity (Wildman–Crippen MR) is 108 cm³/mol. The van der Waals surface area contributed by atoms with Crippen LogP contribution in [0.4, 0.5) is 13.2 Å². The highest BCUT2D eigenvalue weighted by molar-refractivity contribution is 14.0. The normalized spacial score (nSPS) is 11.9. The third-order valence-electron chi connectivity index (χ3n) is 2.88. The molecule has 6 nitrogen and oxygen atoms in total. The molecule has 0 aliphatic carbocycles. The summed E-state index contributed by atoms with van der Waals surface area (Å²) in [6.07, 6.45) is -3.78. The molecule has 1 amide bonds. The highest BCUT2D eigenvalue weighted by Gasteiger charge is 2.33. The average Bonchev–Trinajstić information content (AvgIpc) is 2.95. The Morgan fingerprint density at radius 3 is 2.58 bits per heavy atom.